The van der Waals surface area contributed by atoms with E-state index in [2.05, 4.69) is 4.74 Å². The van der Waals surface area contributed by atoms with Crippen molar-refractivity contribution in [2.75, 3.05) is 20.2 Å². The molecule has 1 fully saturated rings. The maximum absolute atomic E-state index is 13.8. The fourth-order valence-electron chi connectivity index (χ4n) is 2.56. The topological polar surface area (TPSA) is 49.8 Å². The van der Waals surface area contributed by atoms with E-state index >= 15 is 0 Å². The number of aliphatic hydroxyl groups is 1. The van der Waals surface area contributed by atoms with Gasteiger partial charge < -0.3 is 9.84 Å². The predicted octanol–water partition coefficient (Wildman–Crippen LogP) is 1.64. The molecule has 1 N–H and O–H groups in total. The van der Waals surface area contributed by atoms with E-state index in [0.717, 1.165) is 18.2 Å². The first kappa shape index (κ1) is 14.9. The highest BCUT2D eigenvalue weighted by atomic mass is 19.1. The number of hydrogen-bond acceptors (Lipinski definition) is 4. The minimum absolute atomic E-state index is 0.149. The third-order valence-corrected chi connectivity index (χ3v) is 3.53. The first-order valence-corrected chi connectivity index (χ1v) is 6.45. The third kappa shape index (κ3) is 3.32. The smallest absolute Gasteiger partial charge is 0.306 e. The van der Waals surface area contributed by atoms with Crippen LogP contribution in [0, 0.1) is 11.6 Å². The van der Waals surface area contributed by atoms with E-state index in [-0.39, 0.29) is 18.0 Å². The highest BCUT2D eigenvalue weighted by Crippen LogP contribution is 2.33. The van der Waals surface area contributed by atoms with E-state index in [4.69, 9.17) is 0 Å². The first-order chi connectivity index (χ1) is 9.51. The maximum Gasteiger partial charge on any atom is 0.306 e. The van der Waals surface area contributed by atoms with E-state index in [1.807, 2.05) is 0 Å². The van der Waals surface area contributed by atoms with Gasteiger partial charge in [-0.25, -0.2) is 8.78 Å². The molecular formula is C14H17F2NO3. The lowest BCUT2D eigenvalue weighted by Crippen LogP contribution is -2.28. The van der Waals surface area contributed by atoms with Crippen LogP contribution < -0.4 is 0 Å². The third-order valence-electron chi connectivity index (χ3n) is 3.53. The summed E-state index contributed by atoms with van der Waals surface area (Å²) in [6.07, 6.45) is -0.140. The van der Waals surface area contributed by atoms with E-state index in [1.165, 1.54) is 7.11 Å². The van der Waals surface area contributed by atoms with Crippen molar-refractivity contribution < 1.29 is 23.4 Å². The van der Waals surface area contributed by atoms with Crippen LogP contribution in [-0.2, 0) is 9.53 Å². The van der Waals surface area contributed by atoms with Crippen LogP contribution in [0.15, 0.2) is 18.2 Å². The second-order valence-electron chi connectivity index (χ2n) is 4.89. The average Bonchev–Trinajstić information content (AvgIpc) is 2.79. The lowest BCUT2D eigenvalue weighted by Gasteiger charge is -2.24. The lowest BCUT2D eigenvalue weighted by molar-refractivity contribution is -0.141. The molecule has 1 aromatic carbocycles. The number of carbonyl (C=O) groups excluding carboxylic acids is 1. The van der Waals surface area contributed by atoms with Crippen LogP contribution in [0.5, 0.6) is 0 Å². The summed E-state index contributed by atoms with van der Waals surface area (Å²) in [4.78, 5) is 12.9. The first-order valence-electron chi connectivity index (χ1n) is 6.45. The quantitative estimate of drug-likeness (QED) is 0.854. The van der Waals surface area contributed by atoms with Gasteiger partial charge in [-0.15, -0.1) is 0 Å². The van der Waals surface area contributed by atoms with Crippen molar-refractivity contribution in [1.29, 1.82) is 0 Å². The molecule has 2 rings (SSSR count). The maximum atomic E-state index is 13.8. The summed E-state index contributed by atoms with van der Waals surface area (Å²) in [5.41, 5.74) is 0.214. The van der Waals surface area contributed by atoms with E-state index in [0.29, 0.717) is 19.5 Å². The zero-order valence-corrected chi connectivity index (χ0v) is 11.2. The highest BCUT2D eigenvalue weighted by molar-refractivity contribution is 5.69. The molecule has 0 aliphatic carbocycles. The number of esters is 1. The number of carbonyl (C=O) groups is 1. The van der Waals surface area contributed by atoms with Gasteiger partial charge in [-0.05, 0) is 24.6 Å². The minimum atomic E-state index is -0.611. The molecule has 6 heteroatoms. The molecular weight excluding hydrogens is 268 g/mol. The molecule has 1 aromatic rings. The van der Waals surface area contributed by atoms with Gasteiger partial charge >= 0.3 is 5.97 Å². The largest absolute Gasteiger partial charge is 0.469 e. The Morgan fingerprint density at radius 1 is 1.50 bits per heavy atom. The van der Waals surface area contributed by atoms with E-state index in [9.17, 15) is 18.7 Å². The fraction of sp³-hybridized carbons (Fsp3) is 0.500. The molecule has 0 saturated carbocycles. The summed E-state index contributed by atoms with van der Waals surface area (Å²) in [5.74, 6) is -1.39. The molecule has 110 valence electrons. The standard InChI is InChI=1S/C14H17F2NO3/c1-20-14(19)4-5-17-8-10(18)7-13(17)11-6-9(15)2-3-12(11)16/h2-3,6,10,13,18H,4-5,7-8H2,1H3/t10-,13+/m1/s1. The summed E-state index contributed by atoms with van der Waals surface area (Å²) in [6, 6.07) is 2.85. The van der Waals surface area contributed by atoms with Crippen LogP contribution in [0.1, 0.15) is 24.4 Å². The summed E-state index contributed by atoms with van der Waals surface area (Å²) < 4.78 is 31.7. The van der Waals surface area contributed by atoms with Gasteiger partial charge in [-0.3, -0.25) is 9.69 Å². The molecule has 0 bridgehead atoms. The summed E-state index contributed by atoms with van der Waals surface area (Å²) in [5, 5.41) is 9.74. The molecule has 0 amide bonds. The Morgan fingerprint density at radius 3 is 2.95 bits per heavy atom. The normalized spacial score (nSPS) is 23.0. The summed E-state index contributed by atoms with van der Waals surface area (Å²) >= 11 is 0. The monoisotopic (exact) mass is 285 g/mol. The van der Waals surface area contributed by atoms with Crippen LogP contribution in [0.3, 0.4) is 0 Å². The zero-order chi connectivity index (χ0) is 14.7. The molecule has 0 unspecified atom stereocenters. The van der Waals surface area contributed by atoms with Crippen molar-refractivity contribution in [3.05, 3.63) is 35.4 Å². The molecule has 1 aliphatic heterocycles. The average molecular weight is 285 g/mol. The highest BCUT2D eigenvalue weighted by Gasteiger charge is 2.33. The van der Waals surface area contributed by atoms with Gasteiger partial charge in [0.05, 0.1) is 19.6 Å². The van der Waals surface area contributed by atoms with Gasteiger partial charge in [0.25, 0.3) is 0 Å². The van der Waals surface area contributed by atoms with Crippen LogP contribution in [0.4, 0.5) is 8.78 Å². The van der Waals surface area contributed by atoms with Crippen LogP contribution in [0.25, 0.3) is 0 Å². The van der Waals surface area contributed by atoms with Crippen molar-refractivity contribution >= 4 is 5.97 Å². The zero-order valence-electron chi connectivity index (χ0n) is 11.2. The number of nitrogens with zero attached hydrogens (tertiary/aromatic N) is 1. The number of hydrogen-bond donors (Lipinski definition) is 1. The number of ether oxygens (including phenoxy) is 1. The molecule has 0 spiro atoms. The Morgan fingerprint density at radius 2 is 2.25 bits per heavy atom. The molecule has 1 saturated heterocycles. The molecule has 20 heavy (non-hydrogen) atoms. The Kier molecular flexibility index (Phi) is 4.67. The molecule has 4 nitrogen and oxygen atoms in total. The van der Waals surface area contributed by atoms with Crippen molar-refractivity contribution in [3.8, 4) is 0 Å². The molecule has 1 aliphatic rings. The van der Waals surface area contributed by atoms with Gasteiger partial charge in [0.1, 0.15) is 11.6 Å². The molecule has 1 heterocycles. The van der Waals surface area contributed by atoms with Gasteiger partial charge in [-0.2, -0.15) is 0 Å². The van der Waals surface area contributed by atoms with E-state index < -0.39 is 23.8 Å². The Hall–Kier alpha value is -1.53. The van der Waals surface area contributed by atoms with Crippen molar-refractivity contribution in [3.63, 3.8) is 0 Å². The number of aliphatic hydroxyl groups excluding tert-OH is 1. The minimum Gasteiger partial charge on any atom is -0.469 e. The van der Waals surface area contributed by atoms with Crippen LogP contribution in [-0.4, -0.2) is 42.3 Å². The van der Waals surface area contributed by atoms with Gasteiger partial charge in [-0.1, -0.05) is 0 Å². The van der Waals surface area contributed by atoms with Crippen molar-refractivity contribution in [2.45, 2.75) is 25.0 Å². The Bertz CT molecular complexity index is 495. The van der Waals surface area contributed by atoms with Crippen molar-refractivity contribution in [2.24, 2.45) is 0 Å². The number of benzene rings is 1. The SMILES string of the molecule is COC(=O)CCN1C[C@H](O)C[C@H]1c1cc(F)ccc1F. The second kappa shape index (κ2) is 6.28. The summed E-state index contributed by atoms with van der Waals surface area (Å²) in [6.45, 7) is 0.669. The second-order valence-corrected chi connectivity index (χ2v) is 4.89. The molecule has 0 radical (unpaired) electrons. The summed E-state index contributed by atoms with van der Waals surface area (Å²) in [7, 11) is 1.30. The van der Waals surface area contributed by atoms with Crippen LogP contribution >= 0.6 is 0 Å². The molecule has 2 atom stereocenters. The number of β-amino-alcohol motifs (C(OH)–C–C–N with tert-alkyl or cyclic N) is 1. The van der Waals surface area contributed by atoms with E-state index in [1.54, 1.807) is 4.90 Å². The lowest BCUT2D eigenvalue weighted by atomic mass is 10.0. The Balaban J connectivity index is 2.15. The fourth-order valence-corrected chi connectivity index (χ4v) is 2.56. The number of halogens is 2. The number of rotatable bonds is 4. The van der Waals surface area contributed by atoms with Gasteiger partial charge in [0.2, 0.25) is 0 Å². The van der Waals surface area contributed by atoms with Gasteiger partial charge in [0.15, 0.2) is 0 Å². The van der Waals surface area contributed by atoms with Gasteiger partial charge in [0, 0.05) is 24.7 Å². The number of likely N-dealkylation sites (tertiary alicyclic amines) is 1. The molecule has 0 aromatic heterocycles. The predicted molar refractivity (Wildman–Crippen MR) is 67.9 cm³/mol. The Labute approximate surface area is 116 Å². The van der Waals surface area contributed by atoms with Crippen molar-refractivity contribution in [1.82, 2.24) is 4.90 Å². The number of methoxy groups -OCH3 is 1. The van der Waals surface area contributed by atoms with Crippen LogP contribution in [0.2, 0.25) is 0 Å².